The molecule has 0 aliphatic heterocycles. The second kappa shape index (κ2) is 10.4. The Balaban J connectivity index is 1.25. The van der Waals surface area contributed by atoms with Crippen molar-refractivity contribution in [2.45, 2.75) is 11.5 Å². The summed E-state index contributed by atoms with van der Waals surface area (Å²) in [4.78, 5) is 12.6. The van der Waals surface area contributed by atoms with Crippen LogP contribution in [0.4, 0.5) is 0 Å². The number of nitrogens with one attached hydrogen (secondary N) is 1. The van der Waals surface area contributed by atoms with Gasteiger partial charge in [0.2, 0.25) is 0 Å². The molecule has 1 N–H and O–H groups in total. The molecule has 0 heterocycles. The Labute approximate surface area is 203 Å². The second-order valence-electron chi connectivity index (χ2n) is 8.11. The van der Waals surface area contributed by atoms with Gasteiger partial charge in [-0.25, -0.2) is 5.43 Å². The van der Waals surface area contributed by atoms with Crippen molar-refractivity contribution in [2.75, 3.05) is 0 Å². The summed E-state index contributed by atoms with van der Waals surface area (Å²) >= 11 is 1.86. The van der Waals surface area contributed by atoms with Gasteiger partial charge < -0.3 is 0 Å². The normalized spacial score (nSPS) is 11.3. The second-order valence-corrected chi connectivity index (χ2v) is 9.09. The van der Waals surface area contributed by atoms with Gasteiger partial charge in [0, 0.05) is 22.6 Å². The van der Waals surface area contributed by atoms with E-state index in [4.69, 9.17) is 0 Å². The maximum atomic E-state index is 12.6. The van der Waals surface area contributed by atoms with Crippen LogP contribution in [0, 0.1) is 0 Å². The van der Waals surface area contributed by atoms with Gasteiger partial charge in [-0.3, -0.25) is 4.79 Å². The third-order valence-corrected chi connectivity index (χ3v) is 6.84. The number of carbonyl (C=O) groups excluding carboxylic acids is 1. The van der Waals surface area contributed by atoms with Crippen LogP contribution in [0.1, 0.15) is 27.0 Å². The average molecular weight is 461 g/mol. The summed E-state index contributed by atoms with van der Waals surface area (Å²) in [6.45, 7) is 0. The Hall–Kier alpha value is -3.89. The zero-order chi connectivity index (χ0) is 23.2. The van der Waals surface area contributed by atoms with Gasteiger partial charge in [-0.05, 0) is 50.9 Å². The molecule has 0 atom stereocenters. The molecule has 5 aromatic carbocycles. The van der Waals surface area contributed by atoms with Crippen molar-refractivity contribution in [2.24, 2.45) is 5.10 Å². The van der Waals surface area contributed by atoms with Crippen molar-refractivity contribution in [3.8, 4) is 0 Å². The molecule has 166 valence electrons. The fraction of sp³-hybridized carbons (Fsp3) is 0.0667. The van der Waals surface area contributed by atoms with Crippen LogP contribution in [-0.4, -0.2) is 12.1 Å². The smallest absolute Gasteiger partial charge is 0.267 e. The zero-order valence-corrected chi connectivity index (χ0v) is 19.5. The van der Waals surface area contributed by atoms with Gasteiger partial charge in [-0.2, -0.15) is 16.9 Å². The number of benzene rings is 5. The van der Waals surface area contributed by atoms with Crippen molar-refractivity contribution in [1.29, 1.82) is 0 Å². The van der Waals surface area contributed by atoms with Crippen molar-refractivity contribution in [1.82, 2.24) is 5.43 Å². The quantitative estimate of drug-likeness (QED) is 0.159. The first-order valence-electron chi connectivity index (χ1n) is 11.2. The van der Waals surface area contributed by atoms with E-state index in [1.54, 1.807) is 6.21 Å². The Bertz CT molecular complexity index is 1410. The lowest BCUT2D eigenvalue weighted by Gasteiger charge is -2.08. The van der Waals surface area contributed by atoms with E-state index in [9.17, 15) is 4.79 Å². The van der Waals surface area contributed by atoms with Gasteiger partial charge in [-0.1, -0.05) is 91.0 Å². The third-order valence-electron chi connectivity index (χ3n) is 5.77. The lowest BCUT2D eigenvalue weighted by Crippen LogP contribution is -2.17. The van der Waals surface area contributed by atoms with Crippen LogP contribution in [-0.2, 0) is 11.5 Å². The van der Waals surface area contributed by atoms with Crippen molar-refractivity contribution in [3.63, 3.8) is 0 Å². The molecular weight excluding hydrogens is 436 g/mol. The fourth-order valence-corrected chi connectivity index (χ4v) is 4.98. The van der Waals surface area contributed by atoms with Gasteiger partial charge in [0.05, 0.1) is 6.21 Å². The summed E-state index contributed by atoms with van der Waals surface area (Å²) in [5, 5.41) is 8.81. The molecular formula is C30H24N2OS. The SMILES string of the molecule is O=C(N/N=C\c1c2ccccc2cc2ccccc12)c1ccc(CSCc2ccccc2)cc1. The van der Waals surface area contributed by atoms with E-state index in [2.05, 4.69) is 65.1 Å². The summed E-state index contributed by atoms with van der Waals surface area (Å²) in [5.41, 5.74) is 6.80. The van der Waals surface area contributed by atoms with Gasteiger partial charge in [-0.15, -0.1) is 0 Å². The van der Waals surface area contributed by atoms with E-state index in [-0.39, 0.29) is 5.91 Å². The fourth-order valence-electron chi connectivity index (χ4n) is 4.02. The molecule has 0 aromatic heterocycles. The highest BCUT2D eigenvalue weighted by atomic mass is 32.2. The molecule has 5 rings (SSSR count). The number of carbonyl (C=O) groups is 1. The molecule has 0 spiro atoms. The number of fused-ring (bicyclic) bond motifs is 2. The standard InChI is InChI=1S/C30H24N2OS/c33-30(24-16-14-23(15-17-24)21-34-20-22-8-2-1-3-9-22)32-31-19-29-27-12-6-4-10-25(27)18-26-11-5-7-13-28(26)29/h1-19H,20-21H2,(H,32,33)/b31-19-. The number of rotatable bonds is 7. The van der Waals surface area contributed by atoms with Crippen LogP contribution in [0.25, 0.3) is 21.5 Å². The predicted octanol–water partition coefficient (Wildman–Crippen LogP) is 7.19. The highest BCUT2D eigenvalue weighted by Crippen LogP contribution is 2.27. The molecule has 0 bridgehead atoms. The molecule has 0 saturated carbocycles. The molecule has 0 aliphatic carbocycles. The largest absolute Gasteiger partial charge is 0.271 e. The highest BCUT2D eigenvalue weighted by molar-refractivity contribution is 7.97. The molecule has 0 unspecified atom stereocenters. The highest BCUT2D eigenvalue weighted by Gasteiger charge is 2.07. The molecule has 0 fully saturated rings. The third kappa shape index (κ3) is 5.03. The summed E-state index contributed by atoms with van der Waals surface area (Å²) in [6.07, 6.45) is 1.75. The van der Waals surface area contributed by atoms with Crippen molar-refractivity contribution >= 4 is 45.4 Å². The lowest BCUT2D eigenvalue weighted by molar-refractivity contribution is 0.0955. The Morgan fingerprint density at radius 2 is 1.26 bits per heavy atom. The number of thioether (sulfide) groups is 1. The van der Waals surface area contributed by atoms with Crippen LogP contribution in [0.15, 0.2) is 114 Å². The molecule has 0 saturated heterocycles. The van der Waals surface area contributed by atoms with E-state index >= 15 is 0 Å². The predicted molar refractivity (Wildman–Crippen MR) is 144 cm³/mol. The first kappa shape index (κ1) is 21.9. The van der Waals surface area contributed by atoms with Gasteiger partial charge >= 0.3 is 0 Å². The summed E-state index contributed by atoms with van der Waals surface area (Å²) in [6, 6.07) is 36.8. The first-order chi connectivity index (χ1) is 16.8. The molecule has 34 heavy (non-hydrogen) atoms. The van der Waals surface area contributed by atoms with Crippen molar-refractivity contribution in [3.05, 3.63) is 131 Å². The Morgan fingerprint density at radius 1 is 0.706 bits per heavy atom. The van der Waals surface area contributed by atoms with Crippen LogP contribution in [0.3, 0.4) is 0 Å². The summed E-state index contributed by atoms with van der Waals surface area (Å²) in [5.74, 6) is 1.66. The van der Waals surface area contributed by atoms with Crippen LogP contribution in [0.5, 0.6) is 0 Å². The molecule has 1 amide bonds. The monoisotopic (exact) mass is 460 g/mol. The van der Waals surface area contributed by atoms with E-state index in [1.807, 2.05) is 66.4 Å². The van der Waals surface area contributed by atoms with E-state index < -0.39 is 0 Å². The van der Waals surface area contributed by atoms with Crippen LogP contribution >= 0.6 is 11.8 Å². The molecule has 3 nitrogen and oxygen atoms in total. The van der Waals surface area contributed by atoms with Crippen LogP contribution < -0.4 is 5.43 Å². The number of amides is 1. The number of hydrazone groups is 1. The number of nitrogens with zero attached hydrogens (tertiary/aromatic N) is 1. The molecule has 5 aromatic rings. The summed E-state index contributed by atoms with van der Waals surface area (Å²) in [7, 11) is 0. The minimum absolute atomic E-state index is 0.218. The number of hydrogen-bond donors (Lipinski definition) is 1. The maximum absolute atomic E-state index is 12.6. The first-order valence-corrected chi connectivity index (χ1v) is 12.4. The van der Waals surface area contributed by atoms with Gasteiger partial charge in [0.15, 0.2) is 0 Å². The van der Waals surface area contributed by atoms with Gasteiger partial charge in [0.1, 0.15) is 0 Å². The topological polar surface area (TPSA) is 41.5 Å². The minimum Gasteiger partial charge on any atom is -0.267 e. The van der Waals surface area contributed by atoms with E-state index in [1.165, 1.54) is 11.1 Å². The summed E-state index contributed by atoms with van der Waals surface area (Å²) < 4.78 is 0. The van der Waals surface area contributed by atoms with E-state index in [0.717, 1.165) is 38.6 Å². The lowest BCUT2D eigenvalue weighted by atomic mass is 9.97. The maximum Gasteiger partial charge on any atom is 0.271 e. The Morgan fingerprint density at radius 3 is 1.91 bits per heavy atom. The number of hydrogen-bond acceptors (Lipinski definition) is 3. The molecule has 0 aliphatic rings. The van der Waals surface area contributed by atoms with Crippen LogP contribution in [0.2, 0.25) is 0 Å². The molecule has 0 radical (unpaired) electrons. The zero-order valence-electron chi connectivity index (χ0n) is 18.6. The molecule has 4 heteroatoms. The van der Waals surface area contributed by atoms with E-state index in [0.29, 0.717) is 5.56 Å². The average Bonchev–Trinajstić information content (AvgIpc) is 2.89. The Kier molecular flexibility index (Phi) is 6.68. The van der Waals surface area contributed by atoms with Gasteiger partial charge in [0.25, 0.3) is 5.91 Å². The van der Waals surface area contributed by atoms with Crippen molar-refractivity contribution < 1.29 is 4.79 Å². The minimum atomic E-state index is -0.218.